The highest BCUT2D eigenvalue weighted by Crippen LogP contribution is 2.28. The van der Waals surface area contributed by atoms with E-state index in [2.05, 4.69) is 24.2 Å². The lowest BCUT2D eigenvalue weighted by molar-refractivity contribution is 0.187. The fourth-order valence-corrected chi connectivity index (χ4v) is 3.21. The quantitative estimate of drug-likeness (QED) is 0.824. The highest BCUT2D eigenvalue weighted by molar-refractivity contribution is 5.85. The van der Waals surface area contributed by atoms with Gasteiger partial charge in [-0.15, -0.1) is 12.4 Å². The van der Waals surface area contributed by atoms with Crippen LogP contribution >= 0.6 is 12.4 Å². The van der Waals surface area contributed by atoms with E-state index in [0.29, 0.717) is 0 Å². The normalized spacial score (nSPS) is 35.1. The minimum atomic E-state index is 0. The van der Waals surface area contributed by atoms with Crippen LogP contribution < -0.4 is 5.32 Å². The largest absolute Gasteiger partial charge is 0.316 e. The van der Waals surface area contributed by atoms with Crippen LogP contribution in [0.15, 0.2) is 0 Å². The van der Waals surface area contributed by atoms with Crippen LogP contribution in [0.1, 0.15) is 39.0 Å². The maximum atomic E-state index is 3.51. The fraction of sp³-hybridized carbons (Fsp3) is 1.00. The van der Waals surface area contributed by atoms with Crippen molar-refractivity contribution in [2.45, 2.75) is 45.1 Å². The molecule has 0 spiro atoms. The van der Waals surface area contributed by atoms with Crippen molar-refractivity contribution in [2.75, 3.05) is 26.7 Å². The first kappa shape index (κ1) is 14.3. The zero-order valence-corrected chi connectivity index (χ0v) is 11.6. The summed E-state index contributed by atoms with van der Waals surface area (Å²) in [5.41, 5.74) is 0. The van der Waals surface area contributed by atoms with Crippen LogP contribution in [-0.2, 0) is 0 Å². The smallest absolute Gasteiger partial charge is 0.00949 e. The lowest BCUT2D eigenvalue weighted by Gasteiger charge is -2.31. The van der Waals surface area contributed by atoms with Gasteiger partial charge in [-0.05, 0) is 64.1 Å². The molecule has 2 fully saturated rings. The first-order chi connectivity index (χ1) is 7.25. The Bertz CT molecular complexity index is 192. The summed E-state index contributed by atoms with van der Waals surface area (Å²) in [5, 5.41) is 3.51. The first-order valence-corrected chi connectivity index (χ1v) is 6.66. The highest BCUT2D eigenvalue weighted by Gasteiger charge is 2.26. The number of hydrogen-bond acceptors (Lipinski definition) is 2. The van der Waals surface area contributed by atoms with Crippen LogP contribution in [0.2, 0.25) is 0 Å². The average Bonchev–Trinajstić information content (AvgIpc) is 2.66. The first-order valence-electron chi connectivity index (χ1n) is 6.66. The molecule has 1 heterocycles. The van der Waals surface area contributed by atoms with Gasteiger partial charge < -0.3 is 10.2 Å². The van der Waals surface area contributed by atoms with E-state index in [1.165, 1.54) is 51.7 Å². The van der Waals surface area contributed by atoms with Crippen molar-refractivity contribution in [1.29, 1.82) is 0 Å². The molecule has 2 nitrogen and oxygen atoms in total. The van der Waals surface area contributed by atoms with E-state index in [0.717, 1.165) is 17.9 Å². The predicted octanol–water partition coefficient (Wildman–Crippen LogP) is 2.53. The molecule has 0 aromatic heterocycles. The third-order valence-corrected chi connectivity index (χ3v) is 4.24. The van der Waals surface area contributed by atoms with Gasteiger partial charge >= 0.3 is 0 Å². The molecule has 2 rings (SSSR count). The van der Waals surface area contributed by atoms with Gasteiger partial charge in [-0.2, -0.15) is 0 Å². The van der Waals surface area contributed by atoms with Crippen molar-refractivity contribution >= 4 is 12.4 Å². The second-order valence-electron chi connectivity index (χ2n) is 5.72. The SMILES string of the molecule is CC1CCC(N(C)CC2CCCNC2)C1.Cl. The van der Waals surface area contributed by atoms with E-state index in [1.54, 1.807) is 0 Å². The van der Waals surface area contributed by atoms with Gasteiger partial charge in [0.2, 0.25) is 0 Å². The Morgan fingerprint density at radius 1 is 1.25 bits per heavy atom. The second-order valence-corrected chi connectivity index (χ2v) is 5.72. The molecule has 3 heteroatoms. The van der Waals surface area contributed by atoms with Crippen LogP contribution in [0.25, 0.3) is 0 Å². The van der Waals surface area contributed by atoms with Crippen molar-refractivity contribution in [3.8, 4) is 0 Å². The lowest BCUT2D eigenvalue weighted by atomic mass is 9.98. The molecule has 1 saturated carbocycles. The monoisotopic (exact) mass is 246 g/mol. The summed E-state index contributed by atoms with van der Waals surface area (Å²) in [6, 6.07) is 0.877. The standard InChI is InChI=1S/C13H26N2.ClH/c1-11-5-6-13(8-11)15(2)10-12-4-3-7-14-9-12;/h11-14H,3-10H2,1-2H3;1H. The van der Waals surface area contributed by atoms with Gasteiger partial charge in [-0.1, -0.05) is 6.92 Å². The zero-order valence-electron chi connectivity index (χ0n) is 10.7. The second kappa shape index (κ2) is 6.83. The van der Waals surface area contributed by atoms with Crippen molar-refractivity contribution in [3.05, 3.63) is 0 Å². The molecule has 1 N–H and O–H groups in total. The Kier molecular flexibility index (Phi) is 6.09. The zero-order chi connectivity index (χ0) is 10.7. The molecule has 2 aliphatic rings. The lowest BCUT2D eigenvalue weighted by Crippen LogP contribution is -2.40. The minimum absolute atomic E-state index is 0. The molecule has 1 saturated heterocycles. The maximum absolute atomic E-state index is 3.51. The molecule has 1 aliphatic carbocycles. The number of hydrogen-bond donors (Lipinski definition) is 1. The van der Waals surface area contributed by atoms with E-state index in [-0.39, 0.29) is 12.4 Å². The summed E-state index contributed by atoms with van der Waals surface area (Å²) in [4.78, 5) is 2.63. The summed E-state index contributed by atoms with van der Waals surface area (Å²) < 4.78 is 0. The van der Waals surface area contributed by atoms with Crippen molar-refractivity contribution in [1.82, 2.24) is 10.2 Å². The van der Waals surface area contributed by atoms with Gasteiger partial charge in [0.05, 0.1) is 0 Å². The summed E-state index contributed by atoms with van der Waals surface area (Å²) >= 11 is 0. The molecule has 96 valence electrons. The van der Waals surface area contributed by atoms with Crippen molar-refractivity contribution < 1.29 is 0 Å². The summed E-state index contributed by atoms with van der Waals surface area (Å²) in [5.74, 6) is 1.86. The van der Waals surface area contributed by atoms with E-state index in [4.69, 9.17) is 0 Å². The van der Waals surface area contributed by atoms with Gasteiger partial charge in [0.25, 0.3) is 0 Å². The van der Waals surface area contributed by atoms with Gasteiger partial charge in [-0.3, -0.25) is 0 Å². The summed E-state index contributed by atoms with van der Waals surface area (Å²) in [7, 11) is 2.33. The Morgan fingerprint density at radius 3 is 2.62 bits per heavy atom. The number of rotatable bonds is 3. The third kappa shape index (κ3) is 3.90. The average molecular weight is 247 g/mol. The topological polar surface area (TPSA) is 15.3 Å². The molecular weight excluding hydrogens is 220 g/mol. The van der Waals surface area contributed by atoms with Crippen LogP contribution in [0, 0.1) is 11.8 Å². The van der Waals surface area contributed by atoms with Gasteiger partial charge in [0.15, 0.2) is 0 Å². The molecule has 0 aromatic carbocycles. The van der Waals surface area contributed by atoms with E-state index < -0.39 is 0 Å². The van der Waals surface area contributed by atoms with Crippen LogP contribution in [0.5, 0.6) is 0 Å². The fourth-order valence-electron chi connectivity index (χ4n) is 3.21. The molecule has 1 aliphatic heterocycles. The molecule has 0 amide bonds. The molecule has 0 bridgehead atoms. The van der Waals surface area contributed by atoms with E-state index in [9.17, 15) is 0 Å². The highest BCUT2D eigenvalue weighted by atomic mass is 35.5. The Labute approximate surface area is 107 Å². The minimum Gasteiger partial charge on any atom is -0.316 e. The van der Waals surface area contributed by atoms with Crippen LogP contribution in [0.4, 0.5) is 0 Å². The molecule has 3 unspecified atom stereocenters. The van der Waals surface area contributed by atoms with Crippen molar-refractivity contribution in [2.24, 2.45) is 11.8 Å². The molecule has 0 aromatic rings. The molecule has 3 atom stereocenters. The summed E-state index contributed by atoms with van der Waals surface area (Å²) in [6.45, 7) is 6.19. The Hall–Kier alpha value is 0.210. The number of halogens is 1. The Morgan fingerprint density at radius 2 is 2.06 bits per heavy atom. The van der Waals surface area contributed by atoms with Crippen LogP contribution in [0.3, 0.4) is 0 Å². The number of piperidine rings is 1. The molecule has 16 heavy (non-hydrogen) atoms. The number of nitrogens with zero attached hydrogens (tertiary/aromatic N) is 1. The van der Waals surface area contributed by atoms with Crippen molar-refractivity contribution in [3.63, 3.8) is 0 Å². The van der Waals surface area contributed by atoms with Crippen LogP contribution in [-0.4, -0.2) is 37.6 Å². The third-order valence-electron chi connectivity index (χ3n) is 4.24. The van der Waals surface area contributed by atoms with E-state index in [1.807, 2.05) is 0 Å². The Balaban J connectivity index is 0.00000128. The number of nitrogens with one attached hydrogen (secondary N) is 1. The molecular formula is C13H27ClN2. The van der Waals surface area contributed by atoms with E-state index >= 15 is 0 Å². The summed E-state index contributed by atoms with van der Waals surface area (Å²) in [6.07, 6.45) is 7.10. The van der Waals surface area contributed by atoms with Gasteiger partial charge in [0, 0.05) is 12.6 Å². The van der Waals surface area contributed by atoms with Gasteiger partial charge in [0.1, 0.15) is 0 Å². The van der Waals surface area contributed by atoms with Gasteiger partial charge in [-0.25, -0.2) is 0 Å². The maximum Gasteiger partial charge on any atom is 0.00949 e. The predicted molar refractivity (Wildman–Crippen MR) is 72.3 cm³/mol. The molecule has 0 radical (unpaired) electrons.